The van der Waals surface area contributed by atoms with E-state index in [1.165, 1.54) is 7.11 Å². The Morgan fingerprint density at radius 3 is 2.22 bits per heavy atom. The van der Waals surface area contributed by atoms with E-state index in [0.29, 0.717) is 5.56 Å². The lowest BCUT2D eigenvalue weighted by Crippen LogP contribution is -2.37. The number of carbonyl (C=O) groups excluding carboxylic acids is 3. The van der Waals surface area contributed by atoms with Crippen LogP contribution in [0.2, 0.25) is 0 Å². The van der Waals surface area contributed by atoms with E-state index < -0.39 is 29.5 Å². The Morgan fingerprint density at radius 1 is 1.09 bits per heavy atom. The van der Waals surface area contributed by atoms with Crippen LogP contribution >= 0.6 is 0 Å². The van der Waals surface area contributed by atoms with Crippen molar-refractivity contribution in [2.75, 3.05) is 7.11 Å². The molecule has 6 heteroatoms. The van der Waals surface area contributed by atoms with E-state index in [1.807, 2.05) is 0 Å². The molecule has 1 N–H and O–H groups in total. The zero-order chi connectivity index (χ0) is 17.5. The molecule has 0 fully saturated rings. The monoisotopic (exact) mass is 319 g/mol. The van der Waals surface area contributed by atoms with E-state index in [0.717, 1.165) is 12.2 Å². The summed E-state index contributed by atoms with van der Waals surface area (Å²) in [6.45, 7) is 5.18. The first-order valence-electron chi connectivity index (χ1n) is 7.07. The Hall–Kier alpha value is -2.63. The van der Waals surface area contributed by atoms with E-state index in [-0.39, 0.29) is 0 Å². The average molecular weight is 319 g/mol. The third kappa shape index (κ3) is 6.78. The Kier molecular flexibility index (Phi) is 6.50. The second kappa shape index (κ2) is 8.12. The van der Waals surface area contributed by atoms with Crippen molar-refractivity contribution in [3.05, 3.63) is 48.0 Å². The van der Waals surface area contributed by atoms with Crippen LogP contribution in [0.1, 0.15) is 32.4 Å². The van der Waals surface area contributed by atoms with Gasteiger partial charge in [0.25, 0.3) is 0 Å². The molecule has 0 aromatic heterocycles. The molecular weight excluding hydrogens is 298 g/mol. The van der Waals surface area contributed by atoms with Crippen LogP contribution in [-0.2, 0) is 19.1 Å². The number of alkyl carbamates (subject to hydrolysis) is 1. The van der Waals surface area contributed by atoms with Gasteiger partial charge in [0.15, 0.2) is 5.78 Å². The molecule has 124 valence electrons. The minimum absolute atomic E-state index is 0.465. The standard InChI is InChI=1S/C17H21NO5/c1-17(2,3)23-16(21)18-15(12-8-6-5-7-9-12)13(19)10-11-14(20)22-4/h5-11,15H,1-4H3,(H,18,21)/b11-10-/t15-/m1/s1. The fourth-order valence-corrected chi connectivity index (χ4v) is 1.70. The smallest absolute Gasteiger partial charge is 0.408 e. The molecule has 0 aliphatic rings. The van der Waals surface area contributed by atoms with Gasteiger partial charge in [0.1, 0.15) is 11.6 Å². The Balaban J connectivity index is 2.95. The van der Waals surface area contributed by atoms with Gasteiger partial charge >= 0.3 is 12.1 Å². The Labute approximate surface area is 135 Å². The summed E-state index contributed by atoms with van der Waals surface area (Å²) in [7, 11) is 1.21. The summed E-state index contributed by atoms with van der Waals surface area (Å²) in [5, 5.41) is 2.52. The second-order valence-corrected chi connectivity index (χ2v) is 5.75. The number of hydrogen-bond donors (Lipinski definition) is 1. The molecule has 0 unspecified atom stereocenters. The predicted octanol–water partition coefficient (Wildman–Crippen LogP) is 2.55. The zero-order valence-corrected chi connectivity index (χ0v) is 13.7. The van der Waals surface area contributed by atoms with Gasteiger partial charge in [0.2, 0.25) is 0 Å². The molecule has 0 aliphatic carbocycles. The molecule has 1 amide bonds. The van der Waals surface area contributed by atoms with Crippen molar-refractivity contribution in [1.82, 2.24) is 5.32 Å². The molecular formula is C17H21NO5. The van der Waals surface area contributed by atoms with E-state index in [1.54, 1.807) is 51.1 Å². The van der Waals surface area contributed by atoms with Crippen LogP contribution < -0.4 is 5.32 Å². The molecule has 0 radical (unpaired) electrons. The van der Waals surface area contributed by atoms with Crippen molar-refractivity contribution < 1.29 is 23.9 Å². The van der Waals surface area contributed by atoms with Gasteiger partial charge in [-0.05, 0) is 32.4 Å². The lowest BCUT2D eigenvalue weighted by Gasteiger charge is -2.22. The van der Waals surface area contributed by atoms with Crippen molar-refractivity contribution >= 4 is 17.8 Å². The summed E-state index contributed by atoms with van der Waals surface area (Å²) in [6.07, 6.45) is 1.36. The van der Waals surface area contributed by atoms with Gasteiger partial charge < -0.3 is 14.8 Å². The van der Waals surface area contributed by atoms with Gasteiger partial charge in [-0.2, -0.15) is 0 Å². The number of benzene rings is 1. The van der Waals surface area contributed by atoms with E-state index in [4.69, 9.17) is 4.74 Å². The van der Waals surface area contributed by atoms with Gasteiger partial charge in [0, 0.05) is 6.08 Å². The number of hydrogen-bond acceptors (Lipinski definition) is 5. The van der Waals surface area contributed by atoms with Crippen LogP contribution in [-0.4, -0.2) is 30.6 Å². The molecule has 1 rings (SSSR count). The highest BCUT2D eigenvalue weighted by Crippen LogP contribution is 2.16. The van der Waals surface area contributed by atoms with Crippen molar-refractivity contribution in [2.24, 2.45) is 0 Å². The van der Waals surface area contributed by atoms with Gasteiger partial charge in [-0.3, -0.25) is 4.79 Å². The van der Waals surface area contributed by atoms with Crippen LogP contribution in [0.3, 0.4) is 0 Å². The van der Waals surface area contributed by atoms with E-state index in [9.17, 15) is 14.4 Å². The molecule has 1 aromatic carbocycles. The van der Waals surface area contributed by atoms with Gasteiger partial charge in [-0.15, -0.1) is 0 Å². The summed E-state index contributed by atoms with van der Waals surface area (Å²) in [6, 6.07) is 7.74. The highest BCUT2D eigenvalue weighted by atomic mass is 16.6. The summed E-state index contributed by atoms with van der Waals surface area (Å²) in [5.74, 6) is -1.12. The topological polar surface area (TPSA) is 81.7 Å². The van der Waals surface area contributed by atoms with Crippen LogP contribution in [0, 0.1) is 0 Å². The van der Waals surface area contributed by atoms with E-state index in [2.05, 4.69) is 10.1 Å². The van der Waals surface area contributed by atoms with Gasteiger partial charge in [0.05, 0.1) is 7.11 Å². The van der Waals surface area contributed by atoms with Crippen molar-refractivity contribution in [1.29, 1.82) is 0 Å². The zero-order valence-electron chi connectivity index (χ0n) is 13.7. The number of methoxy groups -OCH3 is 1. The van der Waals surface area contributed by atoms with Crippen LogP contribution in [0.15, 0.2) is 42.5 Å². The fourth-order valence-electron chi connectivity index (χ4n) is 1.70. The molecule has 1 aromatic rings. The summed E-state index contributed by atoms with van der Waals surface area (Å²) >= 11 is 0. The number of amides is 1. The molecule has 0 aliphatic heterocycles. The summed E-state index contributed by atoms with van der Waals surface area (Å²) < 4.78 is 9.61. The maximum atomic E-state index is 12.3. The summed E-state index contributed by atoms with van der Waals surface area (Å²) in [4.78, 5) is 35.4. The fraction of sp³-hybridized carbons (Fsp3) is 0.353. The Morgan fingerprint density at radius 2 is 1.70 bits per heavy atom. The van der Waals surface area contributed by atoms with Crippen molar-refractivity contribution in [3.63, 3.8) is 0 Å². The first kappa shape index (κ1) is 18.4. The number of rotatable bonds is 5. The number of ketones is 1. The number of ether oxygens (including phenoxy) is 2. The first-order valence-corrected chi connectivity index (χ1v) is 7.07. The normalized spacial score (nSPS) is 12.5. The highest BCUT2D eigenvalue weighted by Gasteiger charge is 2.24. The third-order valence-electron chi connectivity index (χ3n) is 2.66. The lowest BCUT2D eigenvalue weighted by atomic mass is 10.0. The van der Waals surface area contributed by atoms with E-state index >= 15 is 0 Å². The molecule has 0 saturated heterocycles. The first-order chi connectivity index (χ1) is 10.7. The molecule has 0 bridgehead atoms. The predicted molar refractivity (Wildman–Crippen MR) is 84.7 cm³/mol. The van der Waals surface area contributed by atoms with Crippen molar-refractivity contribution in [3.8, 4) is 0 Å². The molecule has 6 nitrogen and oxygen atoms in total. The lowest BCUT2D eigenvalue weighted by molar-refractivity contribution is -0.135. The number of nitrogens with one attached hydrogen (secondary N) is 1. The van der Waals surface area contributed by atoms with Gasteiger partial charge in [-0.1, -0.05) is 30.3 Å². The van der Waals surface area contributed by atoms with Crippen LogP contribution in [0.25, 0.3) is 0 Å². The number of esters is 1. The molecule has 0 heterocycles. The van der Waals surface area contributed by atoms with Crippen molar-refractivity contribution in [2.45, 2.75) is 32.4 Å². The maximum absolute atomic E-state index is 12.3. The largest absolute Gasteiger partial charge is 0.466 e. The average Bonchev–Trinajstić information content (AvgIpc) is 2.49. The minimum atomic E-state index is -0.952. The second-order valence-electron chi connectivity index (χ2n) is 5.75. The molecule has 23 heavy (non-hydrogen) atoms. The highest BCUT2D eigenvalue weighted by molar-refractivity contribution is 6.00. The van der Waals surface area contributed by atoms with Gasteiger partial charge in [-0.25, -0.2) is 9.59 Å². The minimum Gasteiger partial charge on any atom is -0.466 e. The third-order valence-corrected chi connectivity index (χ3v) is 2.66. The molecule has 0 saturated carbocycles. The SMILES string of the molecule is COC(=O)/C=C\C(=O)[C@H](NC(=O)OC(C)(C)C)c1ccccc1. The quantitative estimate of drug-likeness (QED) is 0.666. The van der Waals surface area contributed by atoms with Crippen LogP contribution in [0.4, 0.5) is 4.79 Å². The summed E-state index contributed by atoms with van der Waals surface area (Å²) in [5.41, 5.74) is -0.103. The molecule has 0 spiro atoms. The maximum Gasteiger partial charge on any atom is 0.408 e. The Bertz CT molecular complexity index is 587. The number of carbonyl (C=O) groups is 3. The molecule has 1 atom stereocenters. The van der Waals surface area contributed by atoms with Crippen LogP contribution in [0.5, 0.6) is 0 Å².